The topological polar surface area (TPSA) is 20.3 Å². The van der Waals surface area contributed by atoms with Gasteiger partial charge in [-0.25, -0.2) is 0 Å². The second-order valence-electron chi connectivity index (χ2n) is 3.08. The highest BCUT2D eigenvalue weighted by atomic mass is 127. The molecule has 0 heterocycles. The molecule has 0 spiro atoms. The quantitative estimate of drug-likeness (QED) is 0.552. The van der Waals surface area contributed by atoms with Crippen molar-refractivity contribution in [3.63, 3.8) is 0 Å². The van der Waals surface area contributed by atoms with E-state index < -0.39 is 0 Å². The van der Waals surface area contributed by atoms with Crippen LogP contribution in [0, 0.1) is 0 Å². The van der Waals surface area contributed by atoms with Gasteiger partial charge in [-0.3, -0.25) is 4.79 Å². The minimum Gasteiger partial charge on any atom is -0.342 e. The maximum Gasteiger partial charge on any atom is 0.232 e. The summed E-state index contributed by atoms with van der Waals surface area (Å²) in [4.78, 5) is 13.1. The third-order valence-corrected chi connectivity index (χ3v) is 3.03. The van der Waals surface area contributed by atoms with E-state index in [9.17, 15) is 4.79 Å². The Kier molecular flexibility index (Phi) is 3.62. The molecule has 1 aliphatic carbocycles. The third-order valence-electron chi connectivity index (χ3n) is 2.38. The molecule has 0 aliphatic heterocycles. The van der Waals surface area contributed by atoms with Crippen LogP contribution in [-0.2, 0) is 4.79 Å². The van der Waals surface area contributed by atoms with Gasteiger partial charge >= 0.3 is 0 Å². The molecule has 1 saturated carbocycles. The normalized spacial score (nSPS) is 18.7. The van der Waals surface area contributed by atoms with Crippen molar-refractivity contribution in [3.05, 3.63) is 0 Å². The van der Waals surface area contributed by atoms with E-state index in [4.69, 9.17) is 0 Å². The van der Waals surface area contributed by atoms with Gasteiger partial charge in [0.2, 0.25) is 5.91 Å². The summed E-state index contributed by atoms with van der Waals surface area (Å²) >= 11 is 2.12. The minimum atomic E-state index is 0.275. The number of nitrogens with zero attached hydrogens (tertiary/aromatic N) is 1. The lowest BCUT2D eigenvalue weighted by Gasteiger charge is -2.23. The number of hydrogen-bond donors (Lipinski definition) is 0. The first kappa shape index (κ1) is 9.29. The standard InChI is InChI=1S/C8H14INO/c1-10(8(11)6-9)7-4-2-3-5-7/h7H,2-6H2,1H3. The molecule has 2 nitrogen and oxygen atoms in total. The molecule has 1 amide bonds. The maximum atomic E-state index is 11.2. The highest BCUT2D eigenvalue weighted by molar-refractivity contribution is 14.1. The van der Waals surface area contributed by atoms with Gasteiger partial charge in [0.15, 0.2) is 0 Å². The Hall–Kier alpha value is 0.200. The SMILES string of the molecule is CN(C(=O)CI)C1CCCC1. The van der Waals surface area contributed by atoms with Crippen LogP contribution in [0.2, 0.25) is 0 Å². The molecular weight excluding hydrogens is 253 g/mol. The fourth-order valence-corrected chi connectivity index (χ4v) is 2.13. The fraction of sp³-hybridized carbons (Fsp3) is 0.875. The van der Waals surface area contributed by atoms with E-state index in [0.717, 1.165) is 0 Å². The van der Waals surface area contributed by atoms with E-state index in [1.54, 1.807) is 0 Å². The third kappa shape index (κ3) is 2.32. The molecule has 0 aromatic carbocycles. The molecule has 1 aliphatic rings. The molecule has 3 heteroatoms. The summed E-state index contributed by atoms with van der Waals surface area (Å²) < 4.78 is 0.616. The molecule has 0 bridgehead atoms. The molecule has 1 fully saturated rings. The number of rotatable bonds is 2. The van der Waals surface area contributed by atoms with Gasteiger partial charge in [0.1, 0.15) is 0 Å². The number of halogens is 1. The average molecular weight is 267 g/mol. The van der Waals surface area contributed by atoms with Gasteiger partial charge < -0.3 is 4.90 Å². The van der Waals surface area contributed by atoms with Crippen molar-refractivity contribution in [2.24, 2.45) is 0 Å². The first-order chi connectivity index (χ1) is 5.25. The van der Waals surface area contributed by atoms with E-state index in [0.29, 0.717) is 10.5 Å². The zero-order valence-electron chi connectivity index (χ0n) is 6.85. The zero-order valence-corrected chi connectivity index (χ0v) is 9.00. The second kappa shape index (κ2) is 4.28. The van der Waals surface area contributed by atoms with Gasteiger partial charge in [-0.05, 0) is 12.8 Å². The van der Waals surface area contributed by atoms with Crippen LogP contribution in [0.1, 0.15) is 25.7 Å². The molecule has 1 rings (SSSR count). The summed E-state index contributed by atoms with van der Waals surface area (Å²) in [6.45, 7) is 0. The van der Waals surface area contributed by atoms with Crippen LogP contribution in [0.15, 0.2) is 0 Å². The van der Waals surface area contributed by atoms with E-state index in [-0.39, 0.29) is 5.91 Å². The van der Waals surface area contributed by atoms with Crippen LogP contribution in [0.4, 0.5) is 0 Å². The Morgan fingerprint density at radius 1 is 1.55 bits per heavy atom. The van der Waals surface area contributed by atoms with Crippen LogP contribution in [0.25, 0.3) is 0 Å². The number of carbonyl (C=O) groups is 1. The average Bonchev–Trinajstić information content (AvgIpc) is 2.53. The van der Waals surface area contributed by atoms with Crippen LogP contribution < -0.4 is 0 Å². The fourth-order valence-electron chi connectivity index (χ4n) is 1.59. The van der Waals surface area contributed by atoms with Crippen molar-refractivity contribution in [1.82, 2.24) is 4.90 Å². The Labute approximate surface area is 81.5 Å². The van der Waals surface area contributed by atoms with Crippen LogP contribution in [0.3, 0.4) is 0 Å². The number of amides is 1. The number of hydrogen-bond acceptors (Lipinski definition) is 1. The highest BCUT2D eigenvalue weighted by Gasteiger charge is 2.22. The van der Waals surface area contributed by atoms with Crippen LogP contribution in [-0.4, -0.2) is 28.3 Å². The van der Waals surface area contributed by atoms with Gasteiger partial charge in [-0.15, -0.1) is 0 Å². The smallest absolute Gasteiger partial charge is 0.232 e. The van der Waals surface area contributed by atoms with E-state index in [1.807, 2.05) is 11.9 Å². The molecule has 0 atom stereocenters. The Bertz CT molecular complexity index is 143. The predicted molar refractivity (Wildman–Crippen MR) is 53.9 cm³/mol. The Balaban J connectivity index is 2.39. The predicted octanol–water partition coefficient (Wildman–Crippen LogP) is 1.82. The minimum absolute atomic E-state index is 0.275. The lowest BCUT2D eigenvalue weighted by molar-refractivity contribution is -0.128. The lowest BCUT2D eigenvalue weighted by atomic mass is 10.2. The molecule has 0 aromatic heterocycles. The van der Waals surface area contributed by atoms with Crippen molar-refractivity contribution in [1.29, 1.82) is 0 Å². The maximum absolute atomic E-state index is 11.2. The summed E-state index contributed by atoms with van der Waals surface area (Å²) in [6.07, 6.45) is 5.00. The first-order valence-electron chi connectivity index (χ1n) is 4.07. The Morgan fingerprint density at radius 3 is 2.55 bits per heavy atom. The monoisotopic (exact) mass is 267 g/mol. The molecule has 0 unspecified atom stereocenters. The summed E-state index contributed by atoms with van der Waals surface area (Å²) in [7, 11) is 1.93. The van der Waals surface area contributed by atoms with Gasteiger partial charge in [-0.1, -0.05) is 35.4 Å². The zero-order chi connectivity index (χ0) is 8.27. The van der Waals surface area contributed by atoms with Crippen LogP contribution >= 0.6 is 22.6 Å². The molecule has 11 heavy (non-hydrogen) atoms. The van der Waals surface area contributed by atoms with Crippen molar-refractivity contribution in [2.45, 2.75) is 31.7 Å². The molecule has 0 saturated heterocycles. The largest absolute Gasteiger partial charge is 0.342 e. The lowest BCUT2D eigenvalue weighted by Crippen LogP contribution is -2.35. The van der Waals surface area contributed by atoms with Crippen molar-refractivity contribution in [3.8, 4) is 0 Å². The molecule has 0 radical (unpaired) electrons. The summed E-state index contributed by atoms with van der Waals surface area (Å²) in [6, 6.07) is 0.539. The first-order valence-corrected chi connectivity index (χ1v) is 5.60. The molecular formula is C8H14INO. The summed E-state index contributed by atoms with van der Waals surface area (Å²) in [5, 5.41) is 0. The van der Waals surface area contributed by atoms with Gasteiger partial charge in [-0.2, -0.15) is 0 Å². The summed E-state index contributed by atoms with van der Waals surface area (Å²) in [5.41, 5.74) is 0. The number of alkyl halides is 1. The van der Waals surface area contributed by atoms with Crippen molar-refractivity contribution >= 4 is 28.5 Å². The van der Waals surface area contributed by atoms with Crippen molar-refractivity contribution in [2.75, 3.05) is 11.5 Å². The molecule has 64 valence electrons. The van der Waals surface area contributed by atoms with E-state index in [1.165, 1.54) is 25.7 Å². The van der Waals surface area contributed by atoms with Gasteiger partial charge in [0, 0.05) is 13.1 Å². The second-order valence-corrected chi connectivity index (χ2v) is 3.84. The van der Waals surface area contributed by atoms with E-state index in [2.05, 4.69) is 22.6 Å². The summed E-state index contributed by atoms with van der Waals surface area (Å²) in [5.74, 6) is 0.275. The van der Waals surface area contributed by atoms with Gasteiger partial charge in [0.25, 0.3) is 0 Å². The van der Waals surface area contributed by atoms with Crippen LogP contribution in [0.5, 0.6) is 0 Å². The number of carbonyl (C=O) groups excluding carboxylic acids is 1. The van der Waals surface area contributed by atoms with Gasteiger partial charge in [0.05, 0.1) is 4.43 Å². The van der Waals surface area contributed by atoms with Crippen molar-refractivity contribution < 1.29 is 4.79 Å². The Morgan fingerprint density at radius 2 is 2.09 bits per heavy atom. The van der Waals surface area contributed by atoms with E-state index >= 15 is 0 Å². The highest BCUT2D eigenvalue weighted by Crippen LogP contribution is 2.22. The molecule has 0 N–H and O–H groups in total. The molecule has 0 aromatic rings.